The fourth-order valence-corrected chi connectivity index (χ4v) is 6.09. The van der Waals surface area contributed by atoms with Gasteiger partial charge in [0.2, 0.25) is 5.91 Å². The van der Waals surface area contributed by atoms with Gasteiger partial charge in [0, 0.05) is 0 Å². The minimum absolute atomic E-state index is 0. The molecule has 1 radical (unpaired) electrons. The summed E-state index contributed by atoms with van der Waals surface area (Å²) in [5.41, 5.74) is 1.08. The molecule has 1 aliphatic heterocycles. The third-order valence-electron chi connectivity index (χ3n) is 3.11. The van der Waals surface area contributed by atoms with Crippen LogP contribution >= 0.6 is 0 Å². The maximum absolute atomic E-state index is 11.8. The fourth-order valence-electron chi connectivity index (χ4n) is 2.16. The minimum atomic E-state index is -1.60. The summed E-state index contributed by atoms with van der Waals surface area (Å²) in [6, 6.07) is 0. The zero-order chi connectivity index (χ0) is 12.8. The molecule has 0 aromatic rings. The zero-order valence-corrected chi connectivity index (χ0v) is 17.6. The molecule has 0 aromatic heterocycles. The summed E-state index contributed by atoms with van der Waals surface area (Å²) in [5.74, 6) is -0.0188. The maximum Gasteiger partial charge on any atom is 3.00 e. The van der Waals surface area contributed by atoms with Crippen molar-refractivity contribution in [3.05, 3.63) is 22.2 Å². The van der Waals surface area contributed by atoms with Crippen LogP contribution in [0.15, 0.2) is 16.1 Å². The largest absolute Gasteiger partial charge is 3.00 e. The molecule has 2 rings (SSSR count). The second kappa shape index (κ2) is 7.77. The van der Waals surface area contributed by atoms with Crippen molar-refractivity contribution in [1.29, 1.82) is 0 Å². The van der Waals surface area contributed by atoms with Gasteiger partial charge in [0.05, 0.1) is 0 Å². The van der Waals surface area contributed by atoms with Crippen molar-refractivity contribution in [2.75, 3.05) is 6.61 Å². The van der Waals surface area contributed by atoms with E-state index in [0.29, 0.717) is 0 Å². The Morgan fingerprint density at radius 2 is 1.90 bits per heavy atom. The number of hydrogen-bond donors (Lipinski definition) is 1. The molecule has 1 amide bonds. The number of rotatable bonds is 4. The van der Waals surface area contributed by atoms with E-state index < -0.39 is 16.4 Å². The van der Waals surface area contributed by atoms with Gasteiger partial charge in [0.1, 0.15) is 6.61 Å². The minimum Gasteiger partial charge on any atom is -1.00 e. The van der Waals surface area contributed by atoms with Crippen molar-refractivity contribution < 1.29 is 55.8 Å². The van der Waals surface area contributed by atoms with Crippen molar-refractivity contribution in [1.82, 2.24) is 5.32 Å². The van der Waals surface area contributed by atoms with Crippen LogP contribution in [0.25, 0.3) is 0 Å². The topological polar surface area (TPSA) is 38.3 Å². The SMILES string of the molecule is C[Si](C)(C)OCC(=O)NC1=C2C(=[C-]C1)[Si]2(C)C.[Cl-].[Cl-].[Ti+3]. The van der Waals surface area contributed by atoms with E-state index in [-0.39, 0.29) is 59.0 Å². The maximum atomic E-state index is 11.8. The number of amides is 1. The van der Waals surface area contributed by atoms with Crippen LogP contribution in [-0.2, 0) is 30.9 Å². The van der Waals surface area contributed by atoms with Gasteiger partial charge in [-0.05, 0) is 27.7 Å². The molecule has 0 aromatic carbocycles. The summed E-state index contributed by atoms with van der Waals surface area (Å²) in [6.45, 7) is 11.0. The molecule has 1 saturated heterocycles. The summed E-state index contributed by atoms with van der Waals surface area (Å²) in [7, 11) is -2.86. The summed E-state index contributed by atoms with van der Waals surface area (Å²) in [4.78, 5) is 11.8. The number of carbonyl (C=O) groups excluding carboxylic acids is 1. The monoisotopic (exact) mass is 384 g/mol. The smallest absolute Gasteiger partial charge is 1.00 e. The second-order valence-corrected chi connectivity index (χ2v) is 14.9. The van der Waals surface area contributed by atoms with Crippen LogP contribution in [0.5, 0.6) is 0 Å². The molecular weight excluding hydrogens is 365 g/mol. The van der Waals surface area contributed by atoms with Crippen molar-refractivity contribution >= 4 is 22.3 Å². The number of halogens is 2. The molecular formula is C12H20Cl2NO2Si2Ti. The van der Waals surface area contributed by atoms with Crippen molar-refractivity contribution in [3.63, 3.8) is 0 Å². The van der Waals surface area contributed by atoms with E-state index >= 15 is 0 Å². The third-order valence-corrected chi connectivity index (χ3v) is 7.35. The molecule has 1 aliphatic carbocycles. The fraction of sp³-hybridized carbons (Fsp3) is 0.583. The van der Waals surface area contributed by atoms with Crippen molar-refractivity contribution in [3.8, 4) is 0 Å². The van der Waals surface area contributed by atoms with Gasteiger partial charge in [-0.25, -0.2) is 5.20 Å². The van der Waals surface area contributed by atoms with Crippen LogP contribution in [0, 0.1) is 6.08 Å². The molecule has 0 bridgehead atoms. The number of hydrogen-bond acceptors (Lipinski definition) is 2. The number of nitrogens with one attached hydrogen (secondary N) is 1. The van der Waals surface area contributed by atoms with Gasteiger partial charge < -0.3 is 34.6 Å². The number of carbonyl (C=O) groups is 1. The van der Waals surface area contributed by atoms with Gasteiger partial charge >= 0.3 is 21.7 Å². The molecule has 0 atom stereocenters. The number of allylic oxidation sites excluding steroid dienone is 3. The second-order valence-electron chi connectivity index (χ2n) is 6.16. The molecule has 20 heavy (non-hydrogen) atoms. The third kappa shape index (κ3) is 5.12. The molecule has 3 nitrogen and oxygen atoms in total. The summed E-state index contributed by atoms with van der Waals surface area (Å²) in [6.07, 6.45) is 4.15. The Labute approximate surface area is 150 Å². The Bertz CT molecular complexity index is 445. The van der Waals surface area contributed by atoms with E-state index in [0.717, 1.165) is 12.1 Å². The van der Waals surface area contributed by atoms with Gasteiger partial charge in [-0.3, -0.25) is 10.9 Å². The average Bonchev–Trinajstić information content (AvgIpc) is 2.58. The van der Waals surface area contributed by atoms with E-state index in [9.17, 15) is 4.79 Å². The van der Waals surface area contributed by atoms with E-state index in [2.05, 4.69) is 44.1 Å². The van der Waals surface area contributed by atoms with Crippen LogP contribution in [0.1, 0.15) is 6.42 Å². The molecule has 1 N–H and O–H groups in total. The first-order valence-electron chi connectivity index (χ1n) is 6.01. The molecule has 111 valence electrons. The standard InChI is InChI=1S/C12H20NO2Si2.2ClH.Ti/c1-16(2,3)15-8-11(14)13-9-6-7-10-12(9)17(10,4)5;;;/h6,8H2,1-5H3,(H,13,14);2*1H;/q-1;;;+3/p-2. The van der Waals surface area contributed by atoms with E-state index in [1.54, 1.807) is 0 Å². The van der Waals surface area contributed by atoms with Crippen molar-refractivity contribution in [2.24, 2.45) is 0 Å². The Morgan fingerprint density at radius 1 is 1.35 bits per heavy atom. The molecule has 2 aliphatic rings. The molecule has 1 heterocycles. The predicted octanol–water partition coefficient (Wildman–Crippen LogP) is -3.85. The van der Waals surface area contributed by atoms with Crippen LogP contribution in [0.3, 0.4) is 0 Å². The first-order valence-corrected chi connectivity index (χ1v) is 12.4. The average molecular weight is 385 g/mol. The van der Waals surface area contributed by atoms with Crippen molar-refractivity contribution in [2.45, 2.75) is 39.2 Å². The van der Waals surface area contributed by atoms with E-state index in [1.807, 2.05) is 0 Å². The molecule has 0 saturated carbocycles. The first-order chi connectivity index (χ1) is 7.72. The summed E-state index contributed by atoms with van der Waals surface area (Å²) < 4.78 is 5.59. The van der Waals surface area contributed by atoms with E-state index in [1.165, 1.54) is 10.4 Å². The normalized spacial score (nSPS) is 17.9. The molecule has 1 fully saturated rings. The van der Waals surface area contributed by atoms with Gasteiger partial charge in [-0.2, -0.15) is 5.20 Å². The Balaban J connectivity index is 0. The van der Waals surface area contributed by atoms with Crippen LogP contribution in [-0.4, -0.2) is 28.9 Å². The molecule has 0 unspecified atom stereocenters. The Hall–Kier alpha value is 0.638. The number of fused-ring (bicyclic) bond motifs is 1. The van der Waals surface area contributed by atoms with Crippen LogP contribution < -0.4 is 30.1 Å². The first kappa shape index (κ1) is 22.9. The molecule has 0 spiro atoms. The van der Waals surface area contributed by atoms with Crippen LogP contribution in [0.4, 0.5) is 0 Å². The van der Waals surface area contributed by atoms with Gasteiger partial charge in [-0.1, -0.05) is 25.2 Å². The van der Waals surface area contributed by atoms with Gasteiger partial charge in [-0.15, -0.1) is 0 Å². The Kier molecular flexibility index (Phi) is 8.90. The van der Waals surface area contributed by atoms with Gasteiger partial charge in [0.25, 0.3) is 0 Å². The Morgan fingerprint density at radius 3 is 2.30 bits per heavy atom. The summed E-state index contributed by atoms with van der Waals surface area (Å²) in [5, 5.41) is 5.82. The van der Waals surface area contributed by atoms with E-state index in [4.69, 9.17) is 4.43 Å². The predicted molar refractivity (Wildman–Crippen MR) is 73.3 cm³/mol. The van der Waals surface area contributed by atoms with Crippen LogP contribution in [0.2, 0.25) is 32.7 Å². The zero-order valence-electron chi connectivity index (χ0n) is 12.5. The summed E-state index contributed by atoms with van der Waals surface area (Å²) >= 11 is 0. The molecule has 8 heteroatoms. The van der Waals surface area contributed by atoms with Gasteiger partial charge in [0.15, 0.2) is 8.32 Å². The quantitative estimate of drug-likeness (QED) is 0.398.